The molecule has 0 amide bonds. The van der Waals surface area contributed by atoms with Crippen molar-refractivity contribution in [2.75, 3.05) is 26.4 Å². The van der Waals surface area contributed by atoms with Crippen LogP contribution in [0.4, 0.5) is 0 Å². The first kappa shape index (κ1) is 74.4. The number of hydrogen-bond acceptors (Lipinski definition) is 35. The highest BCUT2D eigenvalue weighted by Gasteiger charge is 2.56. The molecule has 10 fully saturated rings. The summed E-state index contributed by atoms with van der Waals surface area (Å²) in [5.41, 5.74) is 0. The minimum Gasteiger partial charge on any atom is -0.463 e. The van der Waals surface area contributed by atoms with Gasteiger partial charge in [-0.3, -0.25) is 9.59 Å². The Morgan fingerprint density at radius 2 is 0.755 bits per heavy atom. The summed E-state index contributed by atoms with van der Waals surface area (Å²) in [6.45, 7) is -0.913. The summed E-state index contributed by atoms with van der Waals surface area (Å²) < 4.78 is 76.3. The minimum absolute atomic E-state index is 0.00186. The number of carbonyl (C=O) groups is 2. The second kappa shape index (κ2) is 32.1. The summed E-state index contributed by atoms with van der Waals surface area (Å²) in [6.07, 6.45) is -48.9. The third-order valence-electron chi connectivity index (χ3n) is 20.7. The maximum Gasteiger partial charge on any atom is 0.309 e. The van der Waals surface area contributed by atoms with Gasteiger partial charge in [0.1, 0.15) is 135 Å². The molecule has 6 saturated heterocycles. The van der Waals surface area contributed by atoms with E-state index in [1.54, 1.807) is 0 Å². The maximum absolute atomic E-state index is 13.5. The summed E-state index contributed by atoms with van der Waals surface area (Å²) in [4.78, 5) is 26.7. The van der Waals surface area contributed by atoms with Gasteiger partial charge in [-0.05, 0) is 83.5 Å². The van der Waals surface area contributed by atoms with Gasteiger partial charge in [-0.15, -0.1) is 0 Å². The van der Waals surface area contributed by atoms with Gasteiger partial charge in [0, 0.05) is 18.8 Å². The van der Waals surface area contributed by atoms with Crippen molar-refractivity contribution in [1.29, 1.82) is 0 Å². The number of ether oxygens (including phenoxy) is 13. The first-order chi connectivity index (χ1) is 44.6. The fourth-order valence-electron chi connectivity index (χ4n) is 14.8. The van der Waals surface area contributed by atoms with E-state index in [0.717, 1.165) is 0 Å². The van der Waals surface area contributed by atoms with Gasteiger partial charge in [0.25, 0.3) is 0 Å². The van der Waals surface area contributed by atoms with Crippen LogP contribution in [-0.4, -0.2) is 355 Å². The first-order valence-corrected chi connectivity index (χ1v) is 32.7. The normalized spacial score (nSPS) is 52.1. The van der Waals surface area contributed by atoms with E-state index in [4.69, 9.17) is 61.6 Å². The lowest BCUT2D eigenvalue weighted by Gasteiger charge is -2.52. The Morgan fingerprint density at radius 3 is 1.21 bits per heavy atom. The zero-order valence-electron chi connectivity index (χ0n) is 51.6. The molecule has 0 bridgehead atoms. The lowest BCUT2D eigenvalue weighted by molar-refractivity contribution is -0.348. The molecular formula is C59H96O35. The van der Waals surface area contributed by atoms with E-state index in [1.165, 1.54) is 6.92 Å². The molecule has 20 N–H and O–H groups in total. The van der Waals surface area contributed by atoms with E-state index < -0.39 is 277 Å². The lowest BCUT2D eigenvalue weighted by Crippen LogP contribution is -2.63. The summed E-state index contributed by atoms with van der Waals surface area (Å²) in [5, 5.41) is 213. The van der Waals surface area contributed by atoms with Crippen LogP contribution in [0.3, 0.4) is 0 Å². The molecule has 6 heterocycles. The van der Waals surface area contributed by atoms with Gasteiger partial charge in [-0.2, -0.15) is 0 Å². The van der Waals surface area contributed by atoms with Crippen molar-refractivity contribution >= 4 is 11.9 Å². The molecular weight excluding hydrogens is 1270 g/mol. The van der Waals surface area contributed by atoms with Crippen molar-refractivity contribution < 1.29 is 173 Å². The fourth-order valence-corrected chi connectivity index (χ4v) is 14.8. The zero-order valence-corrected chi connectivity index (χ0v) is 51.6. The highest BCUT2D eigenvalue weighted by atomic mass is 16.8. The number of fused-ring (bicyclic) bond motifs is 1. The van der Waals surface area contributed by atoms with Crippen LogP contribution in [0.5, 0.6) is 0 Å². The molecule has 35 nitrogen and oxygen atoms in total. The van der Waals surface area contributed by atoms with Gasteiger partial charge >= 0.3 is 11.9 Å². The predicted molar refractivity (Wildman–Crippen MR) is 300 cm³/mol. The number of hydrogen-bond donors (Lipinski definition) is 20. The van der Waals surface area contributed by atoms with Crippen molar-refractivity contribution in [3.8, 4) is 0 Å². The Kier molecular flexibility index (Phi) is 25.4. The molecule has 0 aromatic carbocycles. The van der Waals surface area contributed by atoms with Gasteiger partial charge in [-0.25, -0.2) is 0 Å². The first-order valence-electron chi connectivity index (χ1n) is 32.7. The van der Waals surface area contributed by atoms with Crippen molar-refractivity contribution in [2.24, 2.45) is 23.7 Å². The quantitative estimate of drug-likeness (QED) is 0.0534. The Morgan fingerprint density at radius 1 is 0.362 bits per heavy atom. The van der Waals surface area contributed by atoms with Crippen LogP contribution in [0, 0.1) is 23.7 Å². The molecule has 33 atom stereocenters. The molecule has 10 rings (SSSR count). The second-order valence-electron chi connectivity index (χ2n) is 27.1. The van der Waals surface area contributed by atoms with Crippen LogP contribution < -0.4 is 0 Å². The number of esters is 2. The van der Waals surface area contributed by atoms with E-state index in [9.17, 15) is 112 Å². The Hall–Kier alpha value is -2.30. The zero-order chi connectivity index (χ0) is 67.9. The van der Waals surface area contributed by atoms with Crippen LogP contribution in [0.1, 0.15) is 90.4 Å². The Bertz CT molecular complexity index is 2380. The molecule has 0 aromatic rings. The van der Waals surface area contributed by atoms with Crippen LogP contribution in [0.2, 0.25) is 0 Å². The lowest BCUT2D eigenvalue weighted by atomic mass is 9.72. The molecule has 35 heteroatoms. The van der Waals surface area contributed by atoms with E-state index in [-0.39, 0.29) is 70.6 Å². The van der Waals surface area contributed by atoms with E-state index in [2.05, 4.69) is 0 Å². The molecule has 0 radical (unpaired) electrons. The van der Waals surface area contributed by atoms with Crippen molar-refractivity contribution in [2.45, 2.75) is 305 Å². The molecule has 6 aliphatic heterocycles. The number of rotatable bonds is 19. The number of aliphatic hydroxyl groups is 20. The third-order valence-corrected chi connectivity index (χ3v) is 20.7. The fraction of sp³-hybridized carbons (Fsp3) is 0.966. The molecule has 4 aliphatic carbocycles. The van der Waals surface area contributed by atoms with Crippen LogP contribution in [0.15, 0.2) is 0 Å². The monoisotopic (exact) mass is 1360 g/mol. The summed E-state index contributed by atoms with van der Waals surface area (Å²) >= 11 is 0. The molecule has 10 aliphatic rings. The summed E-state index contributed by atoms with van der Waals surface area (Å²) in [5.74, 6) is -4.13. The average molecular weight is 1370 g/mol. The predicted octanol–water partition coefficient (Wildman–Crippen LogP) is -9.52. The van der Waals surface area contributed by atoms with E-state index in [1.807, 2.05) is 0 Å². The van der Waals surface area contributed by atoms with Gasteiger partial charge < -0.3 is 164 Å². The second-order valence-corrected chi connectivity index (χ2v) is 27.1. The molecule has 0 aromatic heterocycles. The number of aliphatic hydroxyl groups excluding tert-OH is 20. The molecule has 542 valence electrons. The molecule has 94 heavy (non-hydrogen) atoms. The summed E-state index contributed by atoms with van der Waals surface area (Å²) in [7, 11) is 0. The smallest absolute Gasteiger partial charge is 0.309 e. The highest BCUT2D eigenvalue weighted by molar-refractivity contribution is 5.73. The standard InChI is InChI=1S/C59H96O35/c1-19-36(64)42(70)47(75)55(85-19)84-18-35-41(69)46(74)51(79)59(94-35)90-31-14-26-27(61)12-25(13-30(26)89-52(31)22-10-28(62)37(65)29(63)11-22)88-58-50(78)45(73)40(68)34(93-58)17-83-54(81)21-4-8-24(9-5-21)87-57-49(77)44(72)39(67)33(92-57)16-82-53(80)20-2-6-23(7-3-20)86-56-48(76)43(71)38(66)32(15-60)91-56/h19-52,55-79H,2-18H2,1H3. The minimum atomic E-state index is -1.90. The van der Waals surface area contributed by atoms with Gasteiger partial charge in [0.05, 0.1) is 86.1 Å². The van der Waals surface area contributed by atoms with Crippen molar-refractivity contribution in [3.05, 3.63) is 0 Å². The van der Waals surface area contributed by atoms with E-state index in [0.29, 0.717) is 12.8 Å². The Balaban J connectivity index is 0.682. The number of carbonyl (C=O) groups excluding carboxylic acids is 2. The molecule has 0 spiro atoms. The van der Waals surface area contributed by atoms with Gasteiger partial charge in [-0.1, -0.05) is 0 Å². The average Bonchev–Trinajstić information content (AvgIpc) is 0.769. The SMILES string of the molecule is CC1OC(OCC2OC(OC3CC4C(O)CC(OC5OC(COC(=O)C6CCC(OC7OC(COC(=O)C8CCC(OC9OC(CO)C(O)C(O)C9O)CC8)C(O)C(O)C7O)CC6)C(O)C(O)C5O)CC4OC3C3CC(O)C(O)C(O)C3)C(O)C(O)C2O)C(O)C(O)C1O. The van der Waals surface area contributed by atoms with Gasteiger partial charge in [0.15, 0.2) is 31.5 Å². The van der Waals surface area contributed by atoms with Crippen molar-refractivity contribution in [3.63, 3.8) is 0 Å². The van der Waals surface area contributed by atoms with Crippen LogP contribution >= 0.6 is 0 Å². The van der Waals surface area contributed by atoms with E-state index >= 15 is 0 Å². The van der Waals surface area contributed by atoms with Crippen LogP contribution in [0.25, 0.3) is 0 Å². The topological polar surface area (TPSA) is 559 Å². The maximum atomic E-state index is 13.5. The Labute approximate surface area is 539 Å². The molecule has 4 saturated carbocycles. The van der Waals surface area contributed by atoms with Gasteiger partial charge in [0.2, 0.25) is 0 Å². The third kappa shape index (κ3) is 16.5. The highest BCUT2D eigenvalue weighted by Crippen LogP contribution is 2.45. The van der Waals surface area contributed by atoms with Crippen LogP contribution in [-0.2, 0) is 71.2 Å². The van der Waals surface area contributed by atoms with Crippen molar-refractivity contribution in [1.82, 2.24) is 0 Å². The summed E-state index contributed by atoms with van der Waals surface area (Å²) in [6, 6.07) is 0. The largest absolute Gasteiger partial charge is 0.463 e. The molecule has 33 unspecified atom stereocenters.